The predicted molar refractivity (Wildman–Crippen MR) is 97.7 cm³/mol. The number of halogens is 8. The van der Waals surface area contributed by atoms with Crippen molar-refractivity contribution in [2.24, 2.45) is 0 Å². The number of carboxylic acids is 1. The number of hydrogen-bond acceptors (Lipinski definition) is 1. The second-order valence-electron chi connectivity index (χ2n) is 5.63. The number of aromatic carboxylic acids is 1. The largest absolute Gasteiger partial charge is 0.478 e. The molecule has 0 spiro atoms. The Balaban J connectivity index is 2.45. The average molecular weight is 460 g/mol. The van der Waals surface area contributed by atoms with Gasteiger partial charge in [0.2, 0.25) is 6.43 Å². The fourth-order valence-corrected chi connectivity index (χ4v) is 3.02. The summed E-state index contributed by atoms with van der Waals surface area (Å²) in [7, 11) is 0. The molecule has 1 N–H and O–H groups in total. The first-order valence-corrected chi connectivity index (χ1v) is 8.60. The molecule has 0 heterocycles. The monoisotopic (exact) mass is 458 g/mol. The molecular weight excluding hydrogens is 450 g/mol. The van der Waals surface area contributed by atoms with Crippen LogP contribution in [-0.2, 0) is 6.18 Å². The number of rotatable bonds is 5. The van der Waals surface area contributed by atoms with Crippen LogP contribution in [0.1, 0.15) is 33.0 Å². The van der Waals surface area contributed by atoms with Gasteiger partial charge in [0, 0.05) is 0 Å². The van der Waals surface area contributed by atoms with Gasteiger partial charge in [0.1, 0.15) is 0 Å². The first-order valence-electron chi connectivity index (χ1n) is 7.47. The van der Waals surface area contributed by atoms with E-state index in [-0.39, 0.29) is 26.2 Å². The molecule has 0 saturated carbocycles. The third kappa shape index (κ3) is 5.16. The molecule has 2 aromatic carbocycles. The molecule has 0 bridgehead atoms. The van der Waals surface area contributed by atoms with Crippen molar-refractivity contribution in [1.29, 1.82) is 0 Å². The van der Waals surface area contributed by atoms with Crippen LogP contribution in [0.5, 0.6) is 0 Å². The second kappa shape index (κ2) is 8.68. The van der Waals surface area contributed by atoms with E-state index in [4.69, 9.17) is 39.9 Å². The molecule has 0 aliphatic carbocycles. The highest BCUT2D eigenvalue weighted by molar-refractivity contribution is 6.48. The van der Waals surface area contributed by atoms with Gasteiger partial charge in [-0.25, -0.2) is 13.6 Å². The Morgan fingerprint density at radius 1 is 1.04 bits per heavy atom. The second-order valence-corrected chi connectivity index (χ2v) is 6.82. The zero-order valence-corrected chi connectivity index (χ0v) is 15.8. The van der Waals surface area contributed by atoms with E-state index in [1.807, 2.05) is 0 Å². The lowest BCUT2D eigenvalue weighted by Gasteiger charge is -2.15. The number of benzene rings is 2. The summed E-state index contributed by atoms with van der Waals surface area (Å²) >= 11 is 17.5. The fourth-order valence-electron chi connectivity index (χ4n) is 2.41. The number of allylic oxidation sites excluding steroid dienone is 1. The van der Waals surface area contributed by atoms with Gasteiger partial charge in [-0.2, -0.15) is 13.2 Å². The van der Waals surface area contributed by atoms with Crippen molar-refractivity contribution in [1.82, 2.24) is 0 Å². The molecule has 1 unspecified atom stereocenters. The first-order chi connectivity index (χ1) is 12.9. The minimum Gasteiger partial charge on any atom is -0.478 e. The van der Waals surface area contributed by atoms with Crippen molar-refractivity contribution in [3.8, 4) is 0 Å². The van der Waals surface area contributed by atoms with Gasteiger partial charge in [0.05, 0.1) is 32.1 Å². The van der Waals surface area contributed by atoms with Gasteiger partial charge in [-0.1, -0.05) is 53.0 Å². The topological polar surface area (TPSA) is 37.3 Å². The van der Waals surface area contributed by atoms with Crippen LogP contribution >= 0.6 is 34.8 Å². The predicted octanol–water partition coefficient (Wildman–Crippen LogP) is 7.43. The van der Waals surface area contributed by atoms with Crippen LogP contribution in [0.4, 0.5) is 22.0 Å². The van der Waals surface area contributed by atoms with Crippen molar-refractivity contribution in [3.63, 3.8) is 0 Å². The fraction of sp³-hybridized carbons (Fsp3) is 0.167. The van der Waals surface area contributed by atoms with E-state index in [9.17, 15) is 26.7 Å². The van der Waals surface area contributed by atoms with E-state index in [0.29, 0.717) is 6.07 Å². The summed E-state index contributed by atoms with van der Waals surface area (Å²) < 4.78 is 66.1. The third-order valence-corrected chi connectivity index (χ3v) is 4.93. The highest BCUT2D eigenvalue weighted by atomic mass is 35.5. The molecule has 2 nitrogen and oxygen atoms in total. The van der Waals surface area contributed by atoms with E-state index < -0.39 is 35.6 Å². The van der Waals surface area contributed by atoms with E-state index in [2.05, 4.69) is 0 Å². The Morgan fingerprint density at radius 3 is 2.07 bits per heavy atom. The van der Waals surface area contributed by atoms with Crippen molar-refractivity contribution < 1.29 is 31.9 Å². The number of carbonyl (C=O) groups is 1. The molecule has 0 radical (unpaired) electrons. The summed E-state index contributed by atoms with van der Waals surface area (Å²) in [5, 5.41) is 8.77. The molecule has 0 fully saturated rings. The zero-order chi connectivity index (χ0) is 21.2. The molecule has 0 saturated heterocycles. The van der Waals surface area contributed by atoms with Crippen molar-refractivity contribution in [2.75, 3.05) is 0 Å². The molecule has 150 valence electrons. The molecule has 28 heavy (non-hydrogen) atoms. The van der Waals surface area contributed by atoms with Gasteiger partial charge in [0.25, 0.3) is 0 Å². The molecule has 1 atom stereocenters. The first kappa shape index (κ1) is 22.5. The van der Waals surface area contributed by atoms with E-state index in [0.717, 1.165) is 24.3 Å². The quantitative estimate of drug-likeness (QED) is 0.373. The van der Waals surface area contributed by atoms with Gasteiger partial charge in [0.15, 0.2) is 0 Å². The SMILES string of the molecule is O=C(O)c1ccc(/C=C/C(c2cc(Cl)c(Cl)c(Cl)c2)C(F)F)cc1C(F)(F)F. The van der Waals surface area contributed by atoms with Crippen molar-refractivity contribution in [3.05, 3.63) is 73.7 Å². The summed E-state index contributed by atoms with van der Waals surface area (Å²) in [4.78, 5) is 11.0. The van der Waals surface area contributed by atoms with Gasteiger partial charge in [-0.3, -0.25) is 0 Å². The Morgan fingerprint density at radius 2 is 1.61 bits per heavy atom. The van der Waals surface area contributed by atoms with Crippen LogP contribution in [0.2, 0.25) is 15.1 Å². The molecule has 2 rings (SSSR count). The summed E-state index contributed by atoms with van der Waals surface area (Å²) in [6.07, 6.45) is -5.81. The Kier molecular flexibility index (Phi) is 6.96. The minimum absolute atomic E-state index is 0.0110. The minimum atomic E-state index is -4.92. The summed E-state index contributed by atoms with van der Waals surface area (Å²) in [5.74, 6) is -3.28. The Hall–Kier alpha value is -1.83. The van der Waals surface area contributed by atoms with Crippen molar-refractivity contribution >= 4 is 46.8 Å². The van der Waals surface area contributed by atoms with E-state index in [1.165, 1.54) is 12.1 Å². The van der Waals surface area contributed by atoms with Crippen LogP contribution in [0, 0.1) is 0 Å². The smallest absolute Gasteiger partial charge is 0.417 e. The molecule has 0 aliphatic rings. The number of alkyl halides is 5. The third-order valence-electron chi connectivity index (χ3n) is 3.74. The molecular formula is C18H10Cl3F5O2. The number of hydrogen-bond donors (Lipinski definition) is 1. The van der Waals surface area contributed by atoms with E-state index >= 15 is 0 Å². The highest BCUT2D eigenvalue weighted by Crippen LogP contribution is 2.37. The maximum absolute atomic E-state index is 13.5. The standard InChI is InChI=1S/C18H10Cl3F5O2/c19-13-6-9(7-14(20)15(13)21)10(16(22)23)3-1-8-2-4-11(17(27)28)12(5-8)18(24,25)26/h1-7,10,16H,(H,27,28)/b3-1+. The molecule has 0 aromatic heterocycles. The average Bonchev–Trinajstić information content (AvgIpc) is 2.58. The van der Waals surface area contributed by atoms with Gasteiger partial charge >= 0.3 is 12.1 Å². The normalized spacial score (nSPS) is 13.3. The van der Waals surface area contributed by atoms with E-state index in [1.54, 1.807) is 0 Å². The molecule has 2 aromatic rings. The van der Waals surface area contributed by atoms with Crippen molar-refractivity contribution in [2.45, 2.75) is 18.5 Å². The Bertz CT molecular complexity index is 903. The van der Waals surface area contributed by atoms with Gasteiger partial charge in [-0.05, 0) is 35.4 Å². The van der Waals surface area contributed by atoms with Crippen LogP contribution in [0.15, 0.2) is 36.4 Å². The lowest BCUT2D eigenvalue weighted by Crippen LogP contribution is -2.13. The zero-order valence-electron chi connectivity index (χ0n) is 13.6. The molecule has 0 amide bonds. The summed E-state index contributed by atoms with van der Waals surface area (Å²) in [5.41, 5.74) is -2.40. The summed E-state index contributed by atoms with van der Waals surface area (Å²) in [6.45, 7) is 0. The van der Waals surface area contributed by atoms with Crippen LogP contribution < -0.4 is 0 Å². The van der Waals surface area contributed by atoms with Crippen LogP contribution in [0.25, 0.3) is 6.08 Å². The van der Waals surface area contributed by atoms with Crippen LogP contribution in [0.3, 0.4) is 0 Å². The highest BCUT2D eigenvalue weighted by Gasteiger charge is 2.35. The Labute approximate surface area is 171 Å². The lowest BCUT2D eigenvalue weighted by molar-refractivity contribution is -0.138. The molecule has 0 aliphatic heterocycles. The van der Waals surface area contributed by atoms with Gasteiger partial charge in [-0.15, -0.1) is 0 Å². The van der Waals surface area contributed by atoms with Crippen LogP contribution in [-0.4, -0.2) is 17.5 Å². The lowest BCUT2D eigenvalue weighted by atomic mass is 9.97. The van der Waals surface area contributed by atoms with Gasteiger partial charge < -0.3 is 5.11 Å². The number of carboxylic acid groups (broad SMARTS) is 1. The maximum Gasteiger partial charge on any atom is 0.417 e. The molecule has 10 heteroatoms. The summed E-state index contributed by atoms with van der Waals surface area (Å²) in [6, 6.07) is 4.79. The maximum atomic E-state index is 13.5.